The largest absolute Gasteiger partial charge is 0.328 e. The molecule has 2 aromatic carbocycles. The van der Waals surface area contributed by atoms with Gasteiger partial charge in [-0.3, -0.25) is 4.79 Å². The van der Waals surface area contributed by atoms with Gasteiger partial charge in [0.05, 0.1) is 16.7 Å². The molecule has 128 valence electrons. The zero-order valence-electron chi connectivity index (χ0n) is 14.2. The Morgan fingerprint density at radius 3 is 2.72 bits per heavy atom. The summed E-state index contributed by atoms with van der Waals surface area (Å²) in [6.45, 7) is 3.46. The van der Waals surface area contributed by atoms with Gasteiger partial charge in [0.2, 0.25) is 5.91 Å². The van der Waals surface area contributed by atoms with Gasteiger partial charge in [-0.15, -0.1) is 0 Å². The third kappa shape index (κ3) is 2.69. The lowest BCUT2D eigenvalue weighted by Gasteiger charge is -2.18. The van der Waals surface area contributed by atoms with Gasteiger partial charge < -0.3 is 9.47 Å². The van der Waals surface area contributed by atoms with E-state index in [1.807, 2.05) is 18.2 Å². The molecule has 0 spiro atoms. The van der Waals surface area contributed by atoms with Gasteiger partial charge in [0.15, 0.2) is 0 Å². The van der Waals surface area contributed by atoms with Crippen molar-refractivity contribution in [3.8, 4) is 0 Å². The molecule has 0 radical (unpaired) electrons. The molecule has 5 heteroatoms. The first-order valence-electron chi connectivity index (χ1n) is 8.69. The number of fused-ring (bicyclic) bond motifs is 1. The quantitative estimate of drug-likeness (QED) is 0.719. The number of anilines is 1. The highest BCUT2D eigenvalue weighted by Gasteiger charge is 2.35. The molecular formula is C20H20FN3O. The standard InChI is InChI=1S/C20H20FN3O/c1-2-11-23-18-10-6-4-8-16(18)22-20(23)14-12-19(25)24(13-14)17-9-5-3-7-15(17)21/h3-10,14H,2,11-13H2,1H3. The third-order valence-corrected chi connectivity index (χ3v) is 4.76. The predicted molar refractivity (Wildman–Crippen MR) is 96.1 cm³/mol. The average molecular weight is 337 g/mol. The van der Waals surface area contributed by atoms with E-state index in [2.05, 4.69) is 17.6 Å². The van der Waals surface area contributed by atoms with E-state index in [0.29, 0.717) is 18.7 Å². The maximum atomic E-state index is 14.1. The Kier molecular flexibility index (Phi) is 3.99. The van der Waals surface area contributed by atoms with E-state index in [4.69, 9.17) is 4.98 Å². The van der Waals surface area contributed by atoms with E-state index >= 15 is 0 Å². The number of para-hydroxylation sites is 3. The number of rotatable bonds is 4. The minimum atomic E-state index is -0.362. The number of benzene rings is 2. The number of carbonyl (C=O) groups is 1. The van der Waals surface area contributed by atoms with Crippen LogP contribution >= 0.6 is 0 Å². The fourth-order valence-electron chi connectivity index (χ4n) is 3.65. The predicted octanol–water partition coefficient (Wildman–Crippen LogP) is 4.11. The van der Waals surface area contributed by atoms with Crippen LogP contribution in [0.3, 0.4) is 0 Å². The number of aryl methyl sites for hydroxylation is 1. The molecule has 1 amide bonds. The molecule has 0 aliphatic carbocycles. The molecule has 0 bridgehead atoms. The van der Waals surface area contributed by atoms with Crippen LogP contribution in [0.25, 0.3) is 11.0 Å². The van der Waals surface area contributed by atoms with E-state index < -0.39 is 0 Å². The Bertz CT molecular complexity index is 934. The summed E-state index contributed by atoms with van der Waals surface area (Å²) in [6, 6.07) is 14.5. The van der Waals surface area contributed by atoms with Gasteiger partial charge in [0, 0.05) is 25.4 Å². The molecule has 1 unspecified atom stereocenters. The van der Waals surface area contributed by atoms with Crippen LogP contribution in [0, 0.1) is 5.82 Å². The lowest BCUT2D eigenvalue weighted by molar-refractivity contribution is -0.117. The summed E-state index contributed by atoms with van der Waals surface area (Å²) in [5, 5.41) is 0. The van der Waals surface area contributed by atoms with Gasteiger partial charge in [0.25, 0.3) is 0 Å². The number of imidazole rings is 1. The van der Waals surface area contributed by atoms with Crippen LogP contribution in [-0.2, 0) is 11.3 Å². The SMILES string of the molecule is CCCn1c(C2CC(=O)N(c3ccccc3F)C2)nc2ccccc21. The molecule has 4 rings (SSSR count). The van der Waals surface area contributed by atoms with Gasteiger partial charge in [0.1, 0.15) is 11.6 Å². The summed E-state index contributed by atoms with van der Waals surface area (Å²) < 4.78 is 16.3. The Morgan fingerprint density at radius 2 is 1.92 bits per heavy atom. The fraction of sp³-hybridized carbons (Fsp3) is 0.300. The molecule has 3 aromatic rings. The van der Waals surface area contributed by atoms with Crippen molar-refractivity contribution in [3.63, 3.8) is 0 Å². The number of hydrogen-bond donors (Lipinski definition) is 0. The molecule has 2 heterocycles. The van der Waals surface area contributed by atoms with Gasteiger partial charge >= 0.3 is 0 Å². The zero-order valence-corrected chi connectivity index (χ0v) is 14.2. The van der Waals surface area contributed by atoms with E-state index in [1.165, 1.54) is 6.07 Å². The van der Waals surface area contributed by atoms with Crippen molar-refractivity contribution >= 4 is 22.6 Å². The number of amides is 1. The number of halogens is 1. The summed E-state index contributed by atoms with van der Waals surface area (Å²) in [6.07, 6.45) is 1.35. The lowest BCUT2D eigenvalue weighted by atomic mass is 10.1. The van der Waals surface area contributed by atoms with Gasteiger partial charge in [-0.05, 0) is 30.7 Å². The lowest BCUT2D eigenvalue weighted by Crippen LogP contribution is -2.25. The highest BCUT2D eigenvalue weighted by Crippen LogP contribution is 2.34. The van der Waals surface area contributed by atoms with Crippen molar-refractivity contribution in [3.05, 3.63) is 60.2 Å². The average Bonchev–Trinajstić information content (AvgIpc) is 3.17. The molecule has 1 fully saturated rings. The Balaban J connectivity index is 1.72. The Morgan fingerprint density at radius 1 is 1.16 bits per heavy atom. The normalized spacial score (nSPS) is 17.6. The molecule has 4 nitrogen and oxygen atoms in total. The molecule has 25 heavy (non-hydrogen) atoms. The van der Waals surface area contributed by atoms with Crippen molar-refractivity contribution in [1.82, 2.24) is 9.55 Å². The number of nitrogens with zero attached hydrogens (tertiary/aromatic N) is 3. The van der Waals surface area contributed by atoms with Crippen LogP contribution in [0.1, 0.15) is 31.5 Å². The Labute approximate surface area is 145 Å². The first-order chi connectivity index (χ1) is 12.2. The van der Waals surface area contributed by atoms with Crippen LogP contribution in [0.4, 0.5) is 10.1 Å². The van der Waals surface area contributed by atoms with Crippen LogP contribution in [0.5, 0.6) is 0 Å². The summed E-state index contributed by atoms with van der Waals surface area (Å²) in [4.78, 5) is 18.9. The third-order valence-electron chi connectivity index (χ3n) is 4.76. The zero-order chi connectivity index (χ0) is 17.4. The minimum absolute atomic E-state index is 0.0222. The second-order valence-electron chi connectivity index (χ2n) is 6.47. The number of hydrogen-bond acceptors (Lipinski definition) is 2. The molecule has 1 aromatic heterocycles. The molecule has 0 saturated carbocycles. The fourth-order valence-corrected chi connectivity index (χ4v) is 3.65. The summed E-state index contributed by atoms with van der Waals surface area (Å²) in [5.41, 5.74) is 2.40. The van der Waals surface area contributed by atoms with Crippen molar-refractivity contribution in [2.75, 3.05) is 11.4 Å². The van der Waals surface area contributed by atoms with Crippen molar-refractivity contribution in [2.45, 2.75) is 32.2 Å². The van der Waals surface area contributed by atoms with E-state index in [9.17, 15) is 9.18 Å². The maximum absolute atomic E-state index is 14.1. The highest BCUT2D eigenvalue weighted by molar-refractivity contribution is 5.96. The second-order valence-corrected chi connectivity index (χ2v) is 6.47. The summed E-state index contributed by atoms with van der Waals surface area (Å²) in [5.74, 6) is 0.491. The molecule has 1 saturated heterocycles. The maximum Gasteiger partial charge on any atom is 0.227 e. The monoisotopic (exact) mass is 337 g/mol. The second kappa shape index (κ2) is 6.31. The first kappa shape index (κ1) is 15.8. The van der Waals surface area contributed by atoms with E-state index in [-0.39, 0.29) is 17.6 Å². The topological polar surface area (TPSA) is 38.1 Å². The molecular weight excluding hydrogens is 317 g/mol. The number of aromatic nitrogens is 2. The smallest absolute Gasteiger partial charge is 0.227 e. The van der Waals surface area contributed by atoms with Crippen molar-refractivity contribution < 1.29 is 9.18 Å². The van der Waals surface area contributed by atoms with E-state index in [0.717, 1.165) is 29.8 Å². The summed E-state index contributed by atoms with van der Waals surface area (Å²) in [7, 11) is 0. The molecule has 0 N–H and O–H groups in total. The van der Waals surface area contributed by atoms with Gasteiger partial charge in [-0.25, -0.2) is 9.37 Å². The minimum Gasteiger partial charge on any atom is -0.328 e. The van der Waals surface area contributed by atoms with Crippen molar-refractivity contribution in [2.24, 2.45) is 0 Å². The van der Waals surface area contributed by atoms with Crippen LogP contribution in [0.15, 0.2) is 48.5 Å². The van der Waals surface area contributed by atoms with E-state index in [1.54, 1.807) is 23.1 Å². The molecule has 1 aliphatic rings. The first-order valence-corrected chi connectivity index (χ1v) is 8.69. The van der Waals surface area contributed by atoms with Gasteiger partial charge in [-0.2, -0.15) is 0 Å². The molecule has 1 atom stereocenters. The Hall–Kier alpha value is -2.69. The van der Waals surface area contributed by atoms with Gasteiger partial charge in [-0.1, -0.05) is 31.2 Å². The molecule has 1 aliphatic heterocycles. The highest BCUT2D eigenvalue weighted by atomic mass is 19.1. The number of carbonyl (C=O) groups excluding carboxylic acids is 1. The van der Waals surface area contributed by atoms with Crippen molar-refractivity contribution in [1.29, 1.82) is 0 Å². The van der Waals surface area contributed by atoms with Crippen LogP contribution in [0.2, 0.25) is 0 Å². The van der Waals surface area contributed by atoms with Crippen LogP contribution in [-0.4, -0.2) is 22.0 Å². The summed E-state index contributed by atoms with van der Waals surface area (Å²) >= 11 is 0. The van der Waals surface area contributed by atoms with Crippen LogP contribution < -0.4 is 4.90 Å².